The SMILES string of the molecule is CC(Cl)CCNCCOCC(F)(F)F. The van der Waals surface area contributed by atoms with Crippen molar-refractivity contribution >= 4 is 11.6 Å². The normalized spacial score (nSPS) is 14.4. The van der Waals surface area contributed by atoms with Gasteiger partial charge in [-0.05, 0) is 19.9 Å². The predicted molar refractivity (Wildman–Crippen MR) is 49.7 cm³/mol. The Bertz CT molecular complexity index is 141. The molecule has 0 heterocycles. The topological polar surface area (TPSA) is 21.3 Å². The first-order valence-electron chi connectivity index (χ1n) is 4.41. The lowest BCUT2D eigenvalue weighted by atomic mass is 10.3. The van der Waals surface area contributed by atoms with E-state index in [1.165, 1.54) is 0 Å². The summed E-state index contributed by atoms with van der Waals surface area (Å²) in [5, 5.41) is 3.01. The third-order valence-electron chi connectivity index (χ3n) is 1.41. The van der Waals surface area contributed by atoms with Gasteiger partial charge in [0.1, 0.15) is 6.61 Å². The van der Waals surface area contributed by atoms with E-state index in [2.05, 4.69) is 10.1 Å². The minimum absolute atomic E-state index is 0.0657. The molecule has 1 N–H and O–H groups in total. The average molecular weight is 234 g/mol. The van der Waals surface area contributed by atoms with Gasteiger partial charge in [0.25, 0.3) is 0 Å². The molecule has 0 bridgehead atoms. The molecule has 0 radical (unpaired) electrons. The van der Waals surface area contributed by atoms with Crippen LogP contribution in [0.1, 0.15) is 13.3 Å². The van der Waals surface area contributed by atoms with Crippen LogP contribution in [0, 0.1) is 0 Å². The van der Waals surface area contributed by atoms with Gasteiger partial charge in [0.15, 0.2) is 0 Å². The average Bonchev–Trinajstić information content (AvgIpc) is 2.00. The first kappa shape index (κ1) is 14.0. The van der Waals surface area contributed by atoms with Crippen molar-refractivity contribution in [3.05, 3.63) is 0 Å². The number of hydrogen-bond donors (Lipinski definition) is 1. The van der Waals surface area contributed by atoms with Gasteiger partial charge >= 0.3 is 6.18 Å². The van der Waals surface area contributed by atoms with Crippen molar-refractivity contribution in [2.24, 2.45) is 0 Å². The third kappa shape index (κ3) is 12.0. The smallest absolute Gasteiger partial charge is 0.371 e. The molecule has 0 amide bonds. The number of rotatable bonds is 7. The van der Waals surface area contributed by atoms with E-state index in [1.54, 1.807) is 0 Å². The summed E-state index contributed by atoms with van der Waals surface area (Å²) in [6.45, 7) is 1.86. The molecule has 0 aromatic heterocycles. The maximum absolute atomic E-state index is 11.6. The van der Waals surface area contributed by atoms with Gasteiger partial charge in [0, 0.05) is 11.9 Å². The molecule has 0 aliphatic rings. The summed E-state index contributed by atoms with van der Waals surface area (Å²) in [6.07, 6.45) is -3.44. The highest BCUT2D eigenvalue weighted by molar-refractivity contribution is 6.20. The first-order valence-corrected chi connectivity index (χ1v) is 4.85. The summed E-state index contributed by atoms with van der Waals surface area (Å²) in [6, 6.07) is 0. The fraction of sp³-hybridized carbons (Fsp3) is 1.00. The summed E-state index contributed by atoms with van der Waals surface area (Å²) in [4.78, 5) is 0. The lowest BCUT2D eigenvalue weighted by molar-refractivity contribution is -0.173. The van der Waals surface area contributed by atoms with Crippen molar-refractivity contribution < 1.29 is 17.9 Å². The van der Waals surface area contributed by atoms with Crippen LogP contribution < -0.4 is 5.32 Å². The molecule has 6 heteroatoms. The monoisotopic (exact) mass is 233 g/mol. The molecule has 1 atom stereocenters. The number of ether oxygens (including phenoxy) is 1. The highest BCUT2D eigenvalue weighted by Gasteiger charge is 2.27. The van der Waals surface area contributed by atoms with Crippen LogP contribution >= 0.6 is 11.6 Å². The molecule has 0 aromatic carbocycles. The molecule has 0 fully saturated rings. The fourth-order valence-electron chi connectivity index (χ4n) is 0.758. The van der Waals surface area contributed by atoms with Gasteiger partial charge in [-0.1, -0.05) is 0 Å². The van der Waals surface area contributed by atoms with Crippen LogP contribution in [-0.4, -0.2) is 37.9 Å². The van der Waals surface area contributed by atoms with Gasteiger partial charge in [0.2, 0.25) is 0 Å². The van der Waals surface area contributed by atoms with Crippen molar-refractivity contribution in [1.82, 2.24) is 5.32 Å². The Morgan fingerprint density at radius 2 is 2.00 bits per heavy atom. The molecular formula is C8H15ClF3NO. The van der Waals surface area contributed by atoms with Gasteiger partial charge in [-0.3, -0.25) is 0 Å². The summed E-state index contributed by atoms with van der Waals surface area (Å²) in [7, 11) is 0. The summed E-state index contributed by atoms with van der Waals surface area (Å²) >= 11 is 5.66. The van der Waals surface area contributed by atoms with Gasteiger partial charge in [-0.15, -0.1) is 11.6 Å². The van der Waals surface area contributed by atoms with Gasteiger partial charge in [0.05, 0.1) is 6.61 Å². The largest absolute Gasteiger partial charge is 0.411 e. The zero-order chi connectivity index (χ0) is 11.0. The number of alkyl halides is 4. The van der Waals surface area contributed by atoms with Crippen molar-refractivity contribution in [2.45, 2.75) is 24.9 Å². The Hall–Kier alpha value is -0.0000000000000000555. The molecule has 0 saturated carbocycles. The molecule has 14 heavy (non-hydrogen) atoms. The Labute approximate surface area is 86.8 Å². The van der Waals surface area contributed by atoms with E-state index in [9.17, 15) is 13.2 Å². The van der Waals surface area contributed by atoms with Crippen molar-refractivity contribution in [3.63, 3.8) is 0 Å². The Balaban J connectivity index is 3.07. The summed E-state index contributed by atoms with van der Waals surface area (Å²) in [5.74, 6) is 0. The fourth-order valence-corrected chi connectivity index (χ4v) is 0.867. The van der Waals surface area contributed by atoms with Crippen molar-refractivity contribution in [2.75, 3.05) is 26.3 Å². The van der Waals surface area contributed by atoms with E-state index in [1.807, 2.05) is 6.92 Å². The van der Waals surface area contributed by atoms with Gasteiger partial charge < -0.3 is 10.1 Å². The maximum Gasteiger partial charge on any atom is 0.411 e. The minimum atomic E-state index is -4.23. The minimum Gasteiger partial charge on any atom is -0.371 e. The number of nitrogens with one attached hydrogen (secondary N) is 1. The van der Waals surface area contributed by atoms with Gasteiger partial charge in [-0.25, -0.2) is 0 Å². The van der Waals surface area contributed by atoms with Crippen molar-refractivity contribution in [1.29, 1.82) is 0 Å². The molecule has 2 nitrogen and oxygen atoms in total. The number of halogens is 4. The quantitative estimate of drug-likeness (QED) is 0.538. The Kier molecular flexibility index (Phi) is 7.31. The second-order valence-electron chi connectivity index (χ2n) is 2.99. The summed E-state index contributed by atoms with van der Waals surface area (Å²) in [5.41, 5.74) is 0. The highest BCUT2D eigenvalue weighted by atomic mass is 35.5. The molecule has 0 rings (SSSR count). The molecule has 1 unspecified atom stereocenters. The van der Waals surface area contributed by atoms with E-state index < -0.39 is 12.8 Å². The molecule has 0 aliphatic heterocycles. The second kappa shape index (κ2) is 7.31. The Morgan fingerprint density at radius 1 is 1.36 bits per heavy atom. The lowest BCUT2D eigenvalue weighted by Gasteiger charge is -2.08. The summed E-state index contributed by atoms with van der Waals surface area (Å²) < 4.78 is 39.1. The van der Waals surface area contributed by atoms with E-state index in [0.717, 1.165) is 6.42 Å². The standard InChI is InChI=1S/C8H15ClF3NO/c1-7(9)2-3-13-4-5-14-6-8(10,11)12/h7,13H,2-6H2,1H3. The highest BCUT2D eigenvalue weighted by Crippen LogP contribution is 2.13. The zero-order valence-corrected chi connectivity index (χ0v) is 8.79. The molecule has 0 saturated heterocycles. The third-order valence-corrected chi connectivity index (χ3v) is 1.63. The van der Waals surface area contributed by atoms with E-state index >= 15 is 0 Å². The van der Waals surface area contributed by atoms with E-state index in [4.69, 9.17) is 11.6 Å². The molecule has 0 aliphatic carbocycles. The maximum atomic E-state index is 11.6. The number of hydrogen-bond acceptors (Lipinski definition) is 2. The Morgan fingerprint density at radius 3 is 2.50 bits per heavy atom. The molecule has 86 valence electrons. The van der Waals surface area contributed by atoms with Crippen molar-refractivity contribution in [3.8, 4) is 0 Å². The van der Waals surface area contributed by atoms with Crippen LogP contribution in [0.5, 0.6) is 0 Å². The van der Waals surface area contributed by atoms with Crippen LogP contribution in [0.25, 0.3) is 0 Å². The van der Waals surface area contributed by atoms with Crippen LogP contribution in [0.4, 0.5) is 13.2 Å². The lowest BCUT2D eigenvalue weighted by Crippen LogP contribution is -2.25. The van der Waals surface area contributed by atoms with Crippen LogP contribution in [0.15, 0.2) is 0 Å². The van der Waals surface area contributed by atoms with Gasteiger partial charge in [-0.2, -0.15) is 13.2 Å². The van der Waals surface area contributed by atoms with Crippen LogP contribution in [0.3, 0.4) is 0 Å². The second-order valence-corrected chi connectivity index (χ2v) is 3.73. The molecule has 0 spiro atoms. The van der Waals surface area contributed by atoms with E-state index in [0.29, 0.717) is 13.1 Å². The molecule has 0 aromatic rings. The van der Waals surface area contributed by atoms with Crippen LogP contribution in [0.2, 0.25) is 0 Å². The predicted octanol–water partition coefficient (Wildman–Crippen LogP) is 2.17. The van der Waals surface area contributed by atoms with Crippen LogP contribution in [-0.2, 0) is 4.74 Å². The first-order chi connectivity index (χ1) is 6.42. The van der Waals surface area contributed by atoms with E-state index in [-0.39, 0.29) is 12.0 Å². The zero-order valence-electron chi connectivity index (χ0n) is 8.03. The molecular weight excluding hydrogens is 219 g/mol.